The number of morpholine rings is 1. The molecule has 5 nitrogen and oxygen atoms in total. The van der Waals surface area contributed by atoms with Crippen molar-refractivity contribution in [2.45, 2.75) is 6.04 Å². The Kier molecular flexibility index (Phi) is 6.66. The van der Waals surface area contributed by atoms with E-state index in [2.05, 4.69) is 38.3 Å². The number of hydrogen-bond donors (Lipinski definition) is 1. The Morgan fingerprint density at radius 2 is 1.96 bits per heavy atom. The Labute approximate surface area is 162 Å². The molecule has 1 heterocycles. The van der Waals surface area contributed by atoms with E-state index in [1.54, 1.807) is 13.2 Å². The molecule has 0 saturated carbocycles. The predicted octanol–water partition coefficient (Wildman–Crippen LogP) is 3.26. The van der Waals surface area contributed by atoms with Gasteiger partial charge in [-0.15, -0.1) is 0 Å². The number of rotatable bonds is 6. The van der Waals surface area contributed by atoms with Gasteiger partial charge in [-0.1, -0.05) is 30.3 Å². The molecule has 1 saturated heterocycles. The van der Waals surface area contributed by atoms with Crippen molar-refractivity contribution < 1.29 is 14.3 Å². The van der Waals surface area contributed by atoms with Crippen LogP contribution in [0.5, 0.6) is 5.75 Å². The molecule has 1 fully saturated rings. The summed E-state index contributed by atoms with van der Waals surface area (Å²) in [4.78, 5) is 15.1. The Morgan fingerprint density at radius 1 is 1.23 bits per heavy atom. The maximum Gasteiger partial charge on any atom is 0.252 e. The van der Waals surface area contributed by atoms with Gasteiger partial charge in [-0.25, -0.2) is 0 Å². The summed E-state index contributed by atoms with van der Waals surface area (Å²) in [5.74, 6) is 0.538. The van der Waals surface area contributed by atoms with Crippen LogP contribution in [-0.2, 0) is 4.74 Å². The first kappa shape index (κ1) is 18.9. The summed E-state index contributed by atoms with van der Waals surface area (Å²) >= 11 is 3.45. The van der Waals surface area contributed by atoms with Crippen molar-refractivity contribution in [3.8, 4) is 5.75 Å². The van der Waals surface area contributed by atoms with Gasteiger partial charge in [0.1, 0.15) is 5.75 Å². The number of carbonyl (C=O) groups excluding carboxylic acids is 1. The highest BCUT2D eigenvalue weighted by molar-refractivity contribution is 9.10. The van der Waals surface area contributed by atoms with E-state index in [1.165, 1.54) is 5.56 Å². The lowest BCUT2D eigenvalue weighted by Crippen LogP contribution is -2.43. The average molecular weight is 419 g/mol. The number of halogens is 1. The highest BCUT2D eigenvalue weighted by Crippen LogP contribution is 2.24. The highest BCUT2D eigenvalue weighted by atomic mass is 79.9. The van der Waals surface area contributed by atoms with Crippen molar-refractivity contribution in [3.63, 3.8) is 0 Å². The lowest BCUT2D eigenvalue weighted by Gasteiger charge is -2.35. The fourth-order valence-corrected chi connectivity index (χ4v) is 3.54. The predicted molar refractivity (Wildman–Crippen MR) is 105 cm³/mol. The summed E-state index contributed by atoms with van der Waals surface area (Å²) in [5, 5.41) is 3.08. The highest BCUT2D eigenvalue weighted by Gasteiger charge is 2.23. The second kappa shape index (κ2) is 9.16. The molecule has 0 aromatic heterocycles. The molecule has 1 aliphatic heterocycles. The summed E-state index contributed by atoms with van der Waals surface area (Å²) < 4.78 is 11.4. The number of methoxy groups -OCH3 is 1. The van der Waals surface area contributed by atoms with E-state index in [9.17, 15) is 4.79 Å². The third kappa shape index (κ3) is 4.63. The van der Waals surface area contributed by atoms with Crippen LogP contribution in [-0.4, -0.2) is 50.8 Å². The lowest BCUT2D eigenvalue weighted by atomic mass is 10.0. The first-order valence-corrected chi connectivity index (χ1v) is 9.47. The number of nitrogens with zero attached hydrogens (tertiary/aromatic N) is 1. The zero-order valence-corrected chi connectivity index (χ0v) is 16.4. The number of amides is 1. The van der Waals surface area contributed by atoms with Crippen LogP contribution in [0.3, 0.4) is 0 Å². The van der Waals surface area contributed by atoms with E-state index in [0.29, 0.717) is 17.9 Å². The van der Waals surface area contributed by atoms with Gasteiger partial charge in [0.05, 0.1) is 31.9 Å². The molecule has 138 valence electrons. The fraction of sp³-hybridized carbons (Fsp3) is 0.350. The smallest absolute Gasteiger partial charge is 0.252 e. The first-order chi connectivity index (χ1) is 12.7. The third-order valence-electron chi connectivity index (χ3n) is 4.54. The van der Waals surface area contributed by atoms with E-state index in [4.69, 9.17) is 9.47 Å². The van der Waals surface area contributed by atoms with Crippen LogP contribution < -0.4 is 10.1 Å². The molecule has 0 spiro atoms. The van der Waals surface area contributed by atoms with E-state index < -0.39 is 0 Å². The van der Waals surface area contributed by atoms with Crippen LogP contribution in [0.1, 0.15) is 22.0 Å². The zero-order chi connectivity index (χ0) is 18.4. The number of benzene rings is 2. The maximum absolute atomic E-state index is 12.7. The molecule has 1 amide bonds. The van der Waals surface area contributed by atoms with Crippen molar-refractivity contribution in [3.05, 3.63) is 64.1 Å². The monoisotopic (exact) mass is 418 g/mol. The molecule has 1 atom stereocenters. The molecule has 1 unspecified atom stereocenters. The third-order valence-corrected chi connectivity index (χ3v) is 5.24. The maximum atomic E-state index is 12.7. The minimum atomic E-state index is -0.120. The van der Waals surface area contributed by atoms with Crippen LogP contribution in [0.2, 0.25) is 0 Å². The molecule has 3 rings (SSSR count). The summed E-state index contributed by atoms with van der Waals surface area (Å²) in [5.41, 5.74) is 1.76. The fourth-order valence-electron chi connectivity index (χ4n) is 3.11. The molecule has 26 heavy (non-hydrogen) atoms. The molecular weight excluding hydrogens is 396 g/mol. The second-order valence-electron chi connectivity index (χ2n) is 6.13. The van der Waals surface area contributed by atoms with E-state index in [1.807, 2.05) is 30.3 Å². The largest absolute Gasteiger partial charge is 0.497 e. The summed E-state index contributed by atoms with van der Waals surface area (Å²) in [7, 11) is 1.59. The van der Waals surface area contributed by atoms with Crippen LogP contribution >= 0.6 is 15.9 Å². The van der Waals surface area contributed by atoms with Crippen molar-refractivity contribution in [2.75, 3.05) is 40.0 Å². The minimum Gasteiger partial charge on any atom is -0.497 e. The Hall–Kier alpha value is -1.89. The van der Waals surface area contributed by atoms with Crippen LogP contribution in [0.4, 0.5) is 0 Å². The molecule has 2 aromatic rings. The molecule has 0 radical (unpaired) electrons. The van der Waals surface area contributed by atoms with Gasteiger partial charge in [0.2, 0.25) is 0 Å². The van der Waals surface area contributed by atoms with Crippen molar-refractivity contribution in [2.24, 2.45) is 0 Å². The van der Waals surface area contributed by atoms with Gasteiger partial charge in [0.25, 0.3) is 5.91 Å². The van der Waals surface area contributed by atoms with Gasteiger partial charge < -0.3 is 14.8 Å². The minimum absolute atomic E-state index is 0.119. The van der Waals surface area contributed by atoms with E-state index in [-0.39, 0.29) is 11.9 Å². The van der Waals surface area contributed by atoms with Gasteiger partial charge >= 0.3 is 0 Å². The Morgan fingerprint density at radius 3 is 2.65 bits per heavy atom. The van der Waals surface area contributed by atoms with Gasteiger partial charge in [0.15, 0.2) is 0 Å². The molecule has 1 aliphatic rings. The number of ether oxygens (including phenoxy) is 2. The topological polar surface area (TPSA) is 50.8 Å². The molecule has 0 bridgehead atoms. The first-order valence-electron chi connectivity index (χ1n) is 8.67. The SMILES string of the molecule is COc1ccc(Br)c(C(=O)NCC(c2ccccc2)N2CCOCC2)c1. The number of nitrogens with one attached hydrogen (secondary N) is 1. The zero-order valence-electron chi connectivity index (χ0n) is 14.8. The Balaban J connectivity index is 1.74. The summed E-state index contributed by atoms with van der Waals surface area (Å²) in [6.07, 6.45) is 0. The van der Waals surface area contributed by atoms with Crippen molar-refractivity contribution >= 4 is 21.8 Å². The van der Waals surface area contributed by atoms with E-state index >= 15 is 0 Å². The van der Waals surface area contributed by atoms with Crippen molar-refractivity contribution in [1.82, 2.24) is 10.2 Å². The molecule has 6 heteroatoms. The second-order valence-corrected chi connectivity index (χ2v) is 6.98. The molecule has 0 aliphatic carbocycles. The summed E-state index contributed by atoms with van der Waals surface area (Å²) in [6.45, 7) is 3.69. The average Bonchev–Trinajstić information content (AvgIpc) is 2.70. The Bertz CT molecular complexity index is 733. The molecule has 1 N–H and O–H groups in total. The lowest BCUT2D eigenvalue weighted by molar-refractivity contribution is 0.0162. The number of carbonyl (C=O) groups is 1. The quantitative estimate of drug-likeness (QED) is 0.781. The van der Waals surface area contributed by atoms with Crippen LogP contribution in [0.15, 0.2) is 53.0 Å². The molecular formula is C20H23BrN2O3. The van der Waals surface area contributed by atoms with Gasteiger partial charge in [-0.3, -0.25) is 9.69 Å². The van der Waals surface area contributed by atoms with Gasteiger partial charge in [-0.2, -0.15) is 0 Å². The van der Waals surface area contributed by atoms with Gasteiger partial charge in [-0.05, 0) is 39.7 Å². The van der Waals surface area contributed by atoms with Gasteiger partial charge in [0, 0.05) is 24.1 Å². The standard InChI is InChI=1S/C20H23BrN2O3/c1-25-16-7-8-18(21)17(13-16)20(24)22-14-19(15-5-3-2-4-6-15)23-9-11-26-12-10-23/h2-8,13,19H,9-12,14H2,1H3,(H,22,24). The van der Waals surface area contributed by atoms with Crippen LogP contribution in [0.25, 0.3) is 0 Å². The van der Waals surface area contributed by atoms with Crippen LogP contribution in [0, 0.1) is 0 Å². The van der Waals surface area contributed by atoms with Crippen molar-refractivity contribution in [1.29, 1.82) is 0 Å². The van der Waals surface area contributed by atoms with E-state index in [0.717, 1.165) is 30.8 Å². The molecule has 2 aromatic carbocycles. The summed E-state index contributed by atoms with van der Waals surface area (Å²) in [6, 6.07) is 15.8. The number of hydrogen-bond acceptors (Lipinski definition) is 4. The normalized spacial score (nSPS) is 16.1.